The van der Waals surface area contributed by atoms with Crippen molar-refractivity contribution in [3.8, 4) is 11.4 Å². The van der Waals surface area contributed by atoms with Crippen LogP contribution in [0.15, 0.2) is 53.1 Å². The molecule has 0 atom stereocenters. The van der Waals surface area contributed by atoms with Crippen LogP contribution in [-0.2, 0) is 11.3 Å². The maximum atomic E-state index is 12.2. The summed E-state index contributed by atoms with van der Waals surface area (Å²) in [6, 6.07) is 13.5. The third-order valence-electron chi connectivity index (χ3n) is 4.15. The third-order valence-corrected chi connectivity index (χ3v) is 4.15. The Bertz CT molecular complexity index is 1060. The Morgan fingerprint density at radius 1 is 1.07 bits per heavy atom. The van der Waals surface area contributed by atoms with Gasteiger partial charge in [-0.15, -0.1) is 0 Å². The number of carbonyl (C=O) groups is 3. The van der Waals surface area contributed by atoms with Crippen LogP contribution < -0.4 is 0 Å². The van der Waals surface area contributed by atoms with Crippen molar-refractivity contribution < 1.29 is 23.6 Å². The Morgan fingerprint density at radius 2 is 1.81 bits per heavy atom. The van der Waals surface area contributed by atoms with Gasteiger partial charge in [-0.2, -0.15) is 4.98 Å². The molecule has 2 heterocycles. The molecule has 0 spiro atoms. The van der Waals surface area contributed by atoms with E-state index in [1.165, 1.54) is 25.2 Å². The van der Waals surface area contributed by atoms with E-state index < -0.39 is 17.8 Å². The van der Waals surface area contributed by atoms with E-state index in [4.69, 9.17) is 9.26 Å². The van der Waals surface area contributed by atoms with Crippen molar-refractivity contribution in [3.05, 3.63) is 71.1 Å². The smallest absolute Gasteiger partial charge is 0.338 e. The summed E-state index contributed by atoms with van der Waals surface area (Å²) in [5.74, 6) is -0.962. The summed E-state index contributed by atoms with van der Waals surface area (Å²) in [6.07, 6.45) is 0. The van der Waals surface area contributed by atoms with Crippen molar-refractivity contribution >= 4 is 17.8 Å². The predicted octanol–water partition coefficient (Wildman–Crippen LogP) is 2.32. The molecular formula is C19H13N3O5. The third kappa shape index (κ3) is 2.97. The van der Waals surface area contributed by atoms with E-state index >= 15 is 0 Å². The first-order valence-corrected chi connectivity index (χ1v) is 8.06. The number of hydrogen-bond acceptors (Lipinski definition) is 7. The van der Waals surface area contributed by atoms with Crippen molar-refractivity contribution in [3.63, 3.8) is 0 Å². The minimum atomic E-state index is -0.660. The number of amides is 2. The van der Waals surface area contributed by atoms with Crippen LogP contribution in [0.2, 0.25) is 0 Å². The van der Waals surface area contributed by atoms with Gasteiger partial charge in [-0.05, 0) is 18.2 Å². The Morgan fingerprint density at radius 3 is 2.59 bits per heavy atom. The van der Waals surface area contributed by atoms with Gasteiger partial charge in [0.2, 0.25) is 5.82 Å². The lowest BCUT2D eigenvalue weighted by Gasteiger charge is -2.03. The van der Waals surface area contributed by atoms with E-state index in [9.17, 15) is 14.4 Å². The van der Waals surface area contributed by atoms with Crippen LogP contribution in [-0.4, -0.2) is 39.9 Å². The number of fused-ring (bicyclic) bond motifs is 1. The molecule has 134 valence electrons. The minimum absolute atomic E-state index is 0.148. The molecule has 8 nitrogen and oxygen atoms in total. The number of nitrogens with zero attached hydrogens (tertiary/aromatic N) is 3. The molecule has 1 aliphatic heterocycles. The van der Waals surface area contributed by atoms with Gasteiger partial charge in [0.05, 0.1) is 16.7 Å². The fourth-order valence-corrected chi connectivity index (χ4v) is 2.72. The molecule has 2 amide bonds. The lowest BCUT2D eigenvalue weighted by molar-refractivity contribution is 0.0429. The maximum Gasteiger partial charge on any atom is 0.338 e. The highest BCUT2D eigenvalue weighted by Crippen LogP contribution is 2.23. The van der Waals surface area contributed by atoms with Crippen molar-refractivity contribution in [2.24, 2.45) is 0 Å². The zero-order valence-corrected chi connectivity index (χ0v) is 14.2. The zero-order valence-electron chi connectivity index (χ0n) is 14.2. The molecule has 0 saturated heterocycles. The summed E-state index contributed by atoms with van der Waals surface area (Å²) >= 11 is 0. The summed E-state index contributed by atoms with van der Waals surface area (Å²) < 4.78 is 10.2. The number of esters is 1. The zero-order chi connectivity index (χ0) is 19.0. The average Bonchev–Trinajstić information content (AvgIpc) is 3.26. The Hall–Kier alpha value is -3.81. The van der Waals surface area contributed by atoms with Crippen LogP contribution >= 0.6 is 0 Å². The second kappa shape index (κ2) is 6.49. The summed E-state index contributed by atoms with van der Waals surface area (Å²) in [4.78, 5) is 41.3. The molecule has 0 radical (unpaired) electrons. The second-order valence-corrected chi connectivity index (χ2v) is 5.88. The number of aromatic nitrogens is 2. The van der Waals surface area contributed by atoms with Crippen LogP contribution in [0.3, 0.4) is 0 Å². The molecule has 0 N–H and O–H groups in total. The molecular weight excluding hydrogens is 350 g/mol. The van der Waals surface area contributed by atoms with E-state index in [1.54, 1.807) is 0 Å². The van der Waals surface area contributed by atoms with Crippen LogP contribution in [0.1, 0.15) is 37.0 Å². The Kier molecular flexibility index (Phi) is 4.00. The highest BCUT2D eigenvalue weighted by molar-refractivity contribution is 6.21. The van der Waals surface area contributed by atoms with Crippen LogP contribution in [0.25, 0.3) is 11.4 Å². The maximum absolute atomic E-state index is 12.2. The van der Waals surface area contributed by atoms with Crippen molar-refractivity contribution in [1.82, 2.24) is 15.0 Å². The van der Waals surface area contributed by atoms with Gasteiger partial charge in [-0.25, -0.2) is 4.79 Å². The fraction of sp³-hybridized carbons (Fsp3) is 0.105. The predicted molar refractivity (Wildman–Crippen MR) is 91.7 cm³/mol. The van der Waals surface area contributed by atoms with Gasteiger partial charge < -0.3 is 9.26 Å². The van der Waals surface area contributed by atoms with E-state index in [2.05, 4.69) is 10.1 Å². The van der Waals surface area contributed by atoms with Crippen molar-refractivity contribution in [2.75, 3.05) is 7.05 Å². The van der Waals surface area contributed by atoms with Gasteiger partial charge in [0.1, 0.15) is 0 Å². The number of carbonyl (C=O) groups excluding carboxylic acids is 3. The van der Waals surface area contributed by atoms with Gasteiger partial charge in [0, 0.05) is 12.6 Å². The number of imide groups is 1. The molecule has 8 heteroatoms. The lowest BCUT2D eigenvalue weighted by atomic mass is 10.1. The molecule has 2 aromatic carbocycles. The average molecular weight is 363 g/mol. The minimum Gasteiger partial charge on any atom is -0.452 e. The van der Waals surface area contributed by atoms with Gasteiger partial charge in [-0.3, -0.25) is 14.5 Å². The SMILES string of the molecule is CN1C(=O)c2ccc(C(=O)OCc3nc(-c4ccccc4)no3)cc2C1=O. The molecule has 0 unspecified atom stereocenters. The molecule has 0 saturated carbocycles. The topological polar surface area (TPSA) is 103 Å². The largest absolute Gasteiger partial charge is 0.452 e. The number of rotatable bonds is 4. The second-order valence-electron chi connectivity index (χ2n) is 5.88. The lowest BCUT2D eigenvalue weighted by Crippen LogP contribution is -2.24. The Labute approximate surface area is 153 Å². The van der Waals surface area contributed by atoms with Gasteiger partial charge in [0.15, 0.2) is 6.61 Å². The standard InChI is InChI=1S/C19H13N3O5/c1-22-17(23)13-8-7-12(9-14(13)18(22)24)19(25)26-10-15-20-16(21-27-15)11-5-3-2-4-6-11/h2-9H,10H2,1H3. The highest BCUT2D eigenvalue weighted by atomic mass is 16.6. The highest BCUT2D eigenvalue weighted by Gasteiger charge is 2.33. The number of hydrogen-bond donors (Lipinski definition) is 0. The molecule has 1 aliphatic rings. The van der Waals surface area contributed by atoms with Crippen molar-refractivity contribution in [1.29, 1.82) is 0 Å². The number of ether oxygens (including phenoxy) is 1. The Balaban J connectivity index is 1.46. The van der Waals surface area contributed by atoms with E-state index in [1.807, 2.05) is 30.3 Å². The first kappa shape index (κ1) is 16.6. The van der Waals surface area contributed by atoms with Gasteiger partial charge >= 0.3 is 5.97 Å². The molecule has 3 aromatic rings. The molecule has 0 bridgehead atoms. The van der Waals surface area contributed by atoms with E-state index in [0.717, 1.165) is 10.5 Å². The quantitative estimate of drug-likeness (QED) is 0.518. The molecule has 27 heavy (non-hydrogen) atoms. The van der Waals surface area contributed by atoms with Gasteiger partial charge in [-0.1, -0.05) is 35.5 Å². The molecule has 1 aromatic heterocycles. The van der Waals surface area contributed by atoms with Crippen LogP contribution in [0.4, 0.5) is 0 Å². The van der Waals surface area contributed by atoms with Crippen LogP contribution in [0, 0.1) is 0 Å². The van der Waals surface area contributed by atoms with Crippen molar-refractivity contribution in [2.45, 2.75) is 6.61 Å². The summed E-state index contributed by atoms with van der Waals surface area (Å²) in [7, 11) is 1.39. The van der Waals surface area contributed by atoms with Crippen LogP contribution in [0.5, 0.6) is 0 Å². The van der Waals surface area contributed by atoms with E-state index in [0.29, 0.717) is 5.82 Å². The summed E-state index contributed by atoms with van der Waals surface area (Å²) in [6.45, 7) is -0.206. The fourth-order valence-electron chi connectivity index (χ4n) is 2.72. The first-order chi connectivity index (χ1) is 13.0. The molecule has 0 fully saturated rings. The molecule has 0 aliphatic carbocycles. The first-order valence-electron chi connectivity index (χ1n) is 8.06. The number of benzene rings is 2. The van der Waals surface area contributed by atoms with Gasteiger partial charge in [0.25, 0.3) is 17.7 Å². The summed E-state index contributed by atoms with van der Waals surface area (Å²) in [5, 5.41) is 3.85. The summed E-state index contributed by atoms with van der Waals surface area (Å²) in [5.41, 5.74) is 1.39. The molecule has 4 rings (SSSR count). The monoisotopic (exact) mass is 363 g/mol. The normalized spacial score (nSPS) is 13.0. The van der Waals surface area contributed by atoms with E-state index in [-0.39, 0.29) is 29.2 Å².